The molecule has 1 atom stereocenters. The number of pyridine rings is 1. The first-order chi connectivity index (χ1) is 16.7. The Labute approximate surface area is 200 Å². The summed E-state index contributed by atoms with van der Waals surface area (Å²) in [6.07, 6.45) is 10.6. The van der Waals surface area contributed by atoms with Gasteiger partial charge in [-0.3, -0.25) is 10.1 Å². The Bertz CT molecular complexity index is 1320. The second-order valence-electron chi connectivity index (χ2n) is 8.86. The van der Waals surface area contributed by atoms with Crippen molar-refractivity contribution in [3.8, 4) is 0 Å². The van der Waals surface area contributed by atoms with Crippen molar-refractivity contribution in [3.05, 3.63) is 77.4 Å². The number of hydrogen-bond donors (Lipinski definition) is 2. The van der Waals surface area contributed by atoms with E-state index in [2.05, 4.69) is 70.3 Å². The van der Waals surface area contributed by atoms with Crippen LogP contribution in [0, 0.1) is 6.92 Å². The van der Waals surface area contributed by atoms with Gasteiger partial charge in [0, 0.05) is 18.8 Å². The predicted octanol–water partition coefficient (Wildman–Crippen LogP) is 5.41. The molecule has 0 aliphatic carbocycles. The third-order valence-electron chi connectivity index (χ3n) is 6.55. The van der Waals surface area contributed by atoms with Crippen molar-refractivity contribution in [2.24, 2.45) is 5.73 Å². The minimum atomic E-state index is -0.00955. The van der Waals surface area contributed by atoms with Crippen molar-refractivity contribution < 1.29 is 0 Å². The van der Waals surface area contributed by atoms with Gasteiger partial charge in [-0.2, -0.15) is 5.10 Å². The zero-order valence-corrected chi connectivity index (χ0v) is 19.8. The minimum absolute atomic E-state index is 0.00955. The number of aromatic nitrogens is 5. The SMILES string of the molecule is CC/C=C(\CC[C@H](N)c1ccccc1C)c1cnc2c(N3CCCc4ncccc43)n[nH]c2n1. The molecule has 0 unspecified atom stereocenters. The Morgan fingerprint density at radius 2 is 2.09 bits per heavy atom. The smallest absolute Gasteiger partial charge is 0.183 e. The molecule has 7 nitrogen and oxygen atoms in total. The number of hydrogen-bond acceptors (Lipinski definition) is 6. The summed E-state index contributed by atoms with van der Waals surface area (Å²) in [6.45, 7) is 5.15. The average molecular weight is 454 g/mol. The van der Waals surface area contributed by atoms with Crippen molar-refractivity contribution in [3.63, 3.8) is 0 Å². The van der Waals surface area contributed by atoms with Crippen LogP contribution in [0.15, 0.2) is 54.9 Å². The number of aryl methyl sites for hydroxylation is 2. The summed E-state index contributed by atoms with van der Waals surface area (Å²) in [4.78, 5) is 16.4. The third-order valence-corrected chi connectivity index (χ3v) is 6.55. The summed E-state index contributed by atoms with van der Waals surface area (Å²) < 4.78 is 0. The molecule has 5 rings (SSSR count). The highest BCUT2D eigenvalue weighted by atomic mass is 15.3. The lowest BCUT2D eigenvalue weighted by atomic mass is 9.95. The molecule has 7 heteroatoms. The lowest BCUT2D eigenvalue weighted by molar-refractivity contribution is 0.661. The van der Waals surface area contributed by atoms with Gasteiger partial charge in [0.15, 0.2) is 17.0 Å². The number of anilines is 2. The summed E-state index contributed by atoms with van der Waals surface area (Å²) in [5, 5.41) is 7.71. The summed E-state index contributed by atoms with van der Waals surface area (Å²) >= 11 is 0. The molecule has 4 aromatic rings. The maximum atomic E-state index is 6.54. The topological polar surface area (TPSA) is 96.6 Å². The lowest BCUT2D eigenvalue weighted by Gasteiger charge is -2.28. The largest absolute Gasteiger partial charge is 0.324 e. The van der Waals surface area contributed by atoms with Gasteiger partial charge in [0.1, 0.15) is 0 Å². The number of benzene rings is 1. The average Bonchev–Trinajstić information content (AvgIpc) is 3.29. The molecule has 3 N–H and O–H groups in total. The van der Waals surface area contributed by atoms with E-state index in [0.717, 1.165) is 67.1 Å². The van der Waals surface area contributed by atoms with E-state index in [1.165, 1.54) is 16.7 Å². The van der Waals surface area contributed by atoms with Crippen molar-refractivity contribution >= 4 is 28.2 Å². The number of nitrogens with zero attached hydrogens (tertiary/aromatic N) is 5. The molecule has 0 saturated carbocycles. The molecule has 174 valence electrons. The van der Waals surface area contributed by atoms with Crippen LogP contribution in [0.2, 0.25) is 0 Å². The second kappa shape index (κ2) is 9.73. The van der Waals surface area contributed by atoms with Gasteiger partial charge in [-0.1, -0.05) is 37.3 Å². The maximum Gasteiger partial charge on any atom is 0.183 e. The molecule has 3 aromatic heterocycles. The van der Waals surface area contributed by atoms with Gasteiger partial charge in [0.25, 0.3) is 0 Å². The van der Waals surface area contributed by atoms with Crippen LogP contribution in [0.3, 0.4) is 0 Å². The molecule has 1 aromatic carbocycles. The molecular formula is C27H31N7. The van der Waals surface area contributed by atoms with E-state index in [9.17, 15) is 0 Å². The molecule has 0 spiro atoms. The van der Waals surface area contributed by atoms with Crippen LogP contribution in [-0.2, 0) is 6.42 Å². The van der Waals surface area contributed by atoms with Crippen LogP contribution >= 0.6 is 0 Å². The monoisotopic (exact) mass is 453 g/mol. The van der Waals surface area contributed by atoms with Gasteiger partial charge in [-0.25, -0.2) is 9.97 Å². The van der Waals surface area contributed by atoms with E-state index in [1.54, 1.807) is 0 Å². The van der Waals surface area contributed by atoms with E-state index in [0.29, 0.717) is 5.65 Å². The van der Waals surface area contributed by atoms with Crippen LogP contribution in [0.25, 0.3) is 16.7 Å². The van der Waals surface area contributed by atoms with E-state index >= 15 is 0 Å². The molecule has 0 saturated heterocycles. The standard InChI is InChI=1S/C27H31N7/c1-3-8-19(13-14-21(28)20-10-5-4-9-18(20)2)23-17-30-25-26(31-23)32-33-27(25)34-16-7-11-22-24(34)12-6-15-29-22/h4-6,8-10,12,15,17,21H,3,7,11,13-14,16,28H2,1-2H3,(H,31,32,33)/b19-8+/t21-/m0/s1. The van der Waals surface area contributed by atoms with E-state index in [4.69, 9.17) is 15.7 Å². The van der Waals surface area contributed by atoms with Gasteiger partial charge in [-0.05, 0) is 67.9 Å². The summed E-state index contributed by atoms with van der Waals surface area (Å²) in [6, 6.07) is 12.4. The second-order valence-corrected chi connectivity index (χ2v) is 8.86. The van der Waals surface area contributed by atoms with Crippen molar-refractivity contribution in [2.75, 3.05) is 11.4 Å². The van der Waals surface area contributed by atoms with Gasteiger partial charge >= 0.3 is 0 Å². The number of rotatable bonds is 7. The maximum absolute atomic E-state index is 6.54. The predicted molar refractivity (Wildman–Crippen MR) is 137 cm³/mol. The zero-order chi connectivity index (χ0) is 23.5. The third kappa shape index (κ3) is 4.31. The fraction of sp³-hybridized carbons (Fsp3) is 0.333. The summed E-state index contributed by atoms with van der Waals surface area (Å²) in [5.41, 5.74) is 14.7. The molecule has 0 fully saturated rings. The highest BCUT2D eigenvalue weighted by Gasteiger charge is 2.24. The van der Waals surface area contributed by atoms with Crippen molar-refractivity contribution in [2.45, 2.75) is 52.0 Å². The first-order valence-electron chi connectivity index (χ1n) is 12.1. The molecule has 1 aliphatic heterocycles. The number of fused-ring (bicyclic) bond motifs is 2. The van der Waals surface area contributed by atoms with Gasteiger partial charge < -0.3 is 10.6 Å². The summed E-state index contributed by atoms with van der Waals surface area (Å²) in [5.74, 6) is 0.811. The number of allylic oxidation sites excluding steroid dienone is 2. The first kappa shape index (κ1) is 22.2. The van der Waals surface area contributed by atoms with Crippen LogP contribution in [0.1, 0.15) is 61.2 Å². The fourth-order valence-corrected chi connectivity index (χ4v) is 4.80. The Hall–Kier alpha value is -3.58. The van der Waals surface area contributed by atoms with Crippen LogP contribution in [-0.4, -0.2) is 31.7 Å². The van der Waals surface area contributed by atoms with Gasteiger partial charge in [0.2, 0.25) is 0 Å². The summed E-state index contributed by atoms with van der Waals surface area (Å²) in [7, 11) is 0. The van der Waals surface area contributed by atoms with Gasteiger partial charge in [-0.15, -0.1) is 0 Å². The molecule has 1 aliphatic rings. The van der Waals surface area contributed by atoms with Gasteiger partial charge in [0.05, 0.1) is 23.3 Å². The lowest BCUT2D eigenvalue weighted by Crippen LogP contribution is -2.25. The Balaban J connectivity index is 1.39. The molecule has 34 heavy (non-hydrogen) atoms. The van der Waals surface area contributed by atoms with E-state index < -0.39 is 0 Å². The van der Waals surface area contributed by atoms with Crippen LogP contribution in [0.4, 0.5) is 11.5 Å². The van der Waals surface area contributed by atoms with E-state index in [1.807, 2.05) is 18.5 Å². The quantitative estimate of drug-likeness (QED) is 0.388. The van der Waals surface area contributed by atoms with Crippen molar-refractivity contribution in [1.82, 2.24) is 25.1 Å². The fourth-order valence-electron chi connectivity index (χ4n) is 4.80. The molecule has 4 heterocycles. The van der Waals surface area contributed by atoms with Crippen molar-refractivity contribution in [1.29, 1.82) is 0 Å². The number of nitrogens with two attached hydrogens (primary N) is 1. The molecular weight excluding hydrogens is 422 g/mol. The number of nitrogens with one attached hydrogen (secondary N) is 1. The first-order valence-corrected chi connectivity index (χ1v) is 12.1. The Kier molecular flexibility index (Phi) is 6.36. The Morgan fingerprint density at radius 3 is 2.94 bits per heavy atom. The molecule has 0 bridgehead atoms. The normalized spacial score (nSPS) is 14.9. The Morgan fingerprint density at radius 1 is 1.21 bits per heavy atom. The highest BCUT2D eigenvalue weighted by Crippen LogP contribution is 2.34. The molecule has 0 amide bonds. The van der Waals surface area contributed by atoms with E-state index in [-0.39, 0.29) is 6.04 Å². The number of H-pyrrole nitrogens is 1. The minimum Gasteiger partial charge on any atom is -0.324 e. The number of aromatic amines is 1. The van der Waals surface area contributed by atoms with Crippen LogP contribution in [0.5, 0.6) is 0 Å². The molecule has 0 radical (unpaired) electrons. The zero-order valence-electron chi connectivity index (χ0n) is 19.8. The van der Waals surface area contributed by atoms with Crippen LogP contribution < -0.4 is 10.6 Å². The highest BCUT2D eigenvalue weighted by molar-refractivity contribution is 5.87.